The van der Waals surface area contributed by atoms with Crippen LogP contribution < -0.4 is 10.6 Å². The minimum atomic E-state index is 0.00990. The summed E-state index contributed by atoms with van der Waals surface area (Å²) in [6.45, 7) is 1.97. The van der Waals surface area contributed by atoms with Crippen molar-refractivity contribution in [2.75, 3.05) is 26.7 Å². The van der Waals surface area contributed by atoms with Crippen LogP contribution in [0.5, 0.6) is 0 Å². The average molecular weight is 281 g/mol. The largest absolute Gasteiger partial charge is 0.347 e. The van der Waals surface area contributed by atoms with E-state index in [1.807, 2.05) is 7.05 Å². The Kier molecular flexibility index (Phi) is 5.83. The lowest BCUT2D eigenvalue weighted by Crippen LogP contribution is -2.44. The maximum Gasteiger partial charge on any atom is 0.242 e. The fourth-order valence-corrected chi connectivity index (χ4v) is 3.20. The molecule has 1 saturated carbocycles. The zero-order chi connectivity index (χ0) is 14.4. The van der Waals surface area contributed by atoms with Gasteiger partial charge in [0.05, 0.1) is 6.54 Å². The van der Waals surface area contributed by atoms with Gasteiger partial charge in [0.2, 0.25) is 11.8 Å². The van der Waals surface area contributed by atoms with Crippen LogP contribution in [0.3, 0.4) is 0 Å². The van der Waals surface area contributed by atoms with E-state index in [1.54, 1.807) is 4.90 Å². The molecule has 5 heteroatoms. The molecule has 0 bridgehead atoms. The first-order valence-electron chi connectivity index (χ1n) is 7.90. The van der Waals surface area contributed by atoms with Gasteiger partial charge < -0.3 is 15.5 Å². The van der Waals surface area contributed by atoms with Crippen LogP contribution in [0.25, 0.3) is 0 Å². The number of likely N-dealkylation sites (N-methyl/N-ethyl adjacent to an activating group) is 1. The maximum atomic E-state index is 12.0. The first kappa shape index (κ1) is 15.3. The average Bonchev–Trinajstić information content (AvgIpc) is 2.99. The highest BCUT2D eigenvalue weighted by Crippen LogP contribution is 2.25. The first-order valence-corrected chi connectivity index (χ1v) is 7.90. The number of carbonyl (C=O) groups excluding carboxylic acids is 2. The van der Waals surface area contributed by atoms with Gasteiger partial charge in [0.15, 0.2) is 0 Å². The molecule has 1 atom stereocenters. The number of nitrogens with zero attached hydrogens (tertiary/aromatic N) is 1. The van der Waals surface area contributed by atoms with Crippen molar-refractivity contribution in [1.82, 2.24) is 15.5 Å². The molecule has 1 aliphatic heterocycles. The molecule has 0 aromatic carbocycles. The number of amides is 2. The molecule has 0 aromatic heterocycles. The molecular formula is C15H27N3O2. The Morgan fingerprint density at radius 3 is 2.60 bits per heavy atom. The number of hydrogen-bond donors (Lipinski definition) is 2. The molecule has 2 amide bonds. The summed E-state index contributed by atoms with van der Waals surface area (Å²) in [5.74, 6) is 0.564. The van der Waals surface area contributed by atoms with Crippen molar-refractivity contribution >= 4 is 11.8 Å². The van der Waals surface area contributed by atoms with Gasteiger partial charge >= 0.3 is 0 Å². The van der Waals surface area contributed by atoms with Gasteiger partial charge in [0.25, 0.3) is 0 Å². The Balaban J connectivity index is 1.65. The number of carbonyl (C=O) groups is 2. The SMILES string of the molecule is CN(C(=O)CNC(=O)CC1CCCCC1)C1CCNC1. The van der Waals surface area contributed by atoms with Crippen LogP contribution >= 0.6 is 0 Å². The minimum absolute atomic E-state index is 0.00990. The molecule has 114 valence electrons. The van der Waals surface area contributed by atoms with Crippen LogP contribution in [0.4, 0.5) is 0 Å². The molecule has 0 spiro atoms. The predicted octanol–water partition coefficient (Wildman–Crippen LogP) is 0.893. The van der Waals surface area contributed by atoms with Crippen molar-refractivity contribution in [1.29, 1.82) is 0 Å². The highest BCUT2D eigenvalue weighted by Gasteiger charge is 2.23. The lowest BCUT2D eigenvalue weighted by Gasteiger charge is -2.24. The van der Waals surface area contributed by atoms with Crippen LogP contribution in [-0.2, 0) is 9.59 Å². The highest BCUT2D eigenvalue weighted by molar-refractivity contribution is 5.84. The van der Waals surface area contributed by atoms with Crippen molar-refractivity contribution in [2.24, 2.45) is 5.92 Å². The highest BCUT2D eigenvalue weighted by atomic mass is 16.2. The summed E-state index contributed by atoms with van der Waals surface area (Å²) >= 11 is 0. The molecule has 2 N–H and O–H groups in total. The van der Waals surface area contributed by atoms with E-state index in [1.165, 1.54) is 19.3 Å². The first-order chi connectivity index (χ1) is 9.66. The van der Waals surface area contributed by atoms with Crippen LogP contribution in [0.1, 0.15) is 44.9 Å². The van der Waals surface area contributed by atoms with Crippen LogP contribution in [-0.4, -0.2) is 49.4 Å². The third kappa shape index (κ3) is 4.47. The summed E-state index contributed by atoms with van der Waals surface area (Å²) in [6.07, 6.45) is 7.70. The fourth-order valence-electron chi connectivity index (χ4n) is 3.20. The molecule has 1 aliphatic carbocycles. The Labute approximate surface area is 121 Å². The second kappa shape index (κ2) is 7.62. The molecular weight excluding hydrogens is 254 g/mol. The molecule has 2 fully saturated rings. The number of hydrogen-bond acceptors (Lipinski definition) is 3. The number of rotatable bonds is 5. The van der Waals surface area contributed by atoms with Crippen molar-refractivity contribution in [3.05, 3.63) is 0 Å². The summed E-state index contributed by atoms with van der Waals surface area (Å²) in [5, 5.41) is 6.03. The predicted molar refractivity (Wildman–Crippen MR) is 78.2 cm³/mol. The van der Waals surface area contributed by atoms with E-state index in [4.69, 9.17) is 0 Å². The van der Waals surface area contributed by atoms with Crippen molar-refractivity contribution in [3.8, 4) is 0 Å². The fraction of sp³-hybridized carbons (Fsp3) is 0.867. The van der Waals surface area contributed by atoms with Gasteiger partial charge in [-0.15, -0.1) is 0 Å². The summed E-state index contributed by atoms with van der Waals surface area (Å²) in [4.78, 5) is 25.6. The monoisotopic (exact) mass is 281 g/mol. The summed E-state index contributed by atoms with van der Waals surface area (Å²) in [7, 11) is 1.83. The molecule has 1 heterocycles. The quantitative estimate of drug-likeness (QED) is 0.787. The third-order valence-corrected chi connectivity index (χ3v) is 4.61. The maximum absolute atomic E-state index is 12.0. The topological polar surface area (TPSA) is 61.4 Å². The van der Waals surface area contributed by atoms with E-state index in [2.05, 4.69) is 10.6 Å². The number of nitrogens with one attached hydrogen (secondary N) is 2. The molecule has 0 radical (unpaired) electrons. The Morgan fingerprint density at radius 2 is 1.95 bits per heavy atom. The van der Waals surface area contributed by atoms with E-state index in [-0.39, 0.29) is 24.4 Å². The van der Waals surface area contributed by atoms with E-state index in [0.717, 1.165) is 32.4 Å². The summed E-state index contributed by atoms with van der Waals surface area (Å²) in [5.41, 5.74) is 0. The molecule has 1 saturated heterocycles. The van der Waals surface area contributed by atoms with Crippen molar-refractivity contribution in [2.45, 2.75) is 51.0 Å². The molecule has 2 rings (SSSR count). The molecule has 20 heavy (non-hydrogen) atoms. The smallest absolute Gasteiger partial charge is 0.242 e. The van der Waals surface area contributed by atoms with E-state index in [0.29, 0.717) is 12.3 Å². The zero-order valence-corrected chi connectivity index (χ0v) is 12.5. The van der Waals surface area contributed by atoms with E-state index >= 15 is 0 Å². The molecule has 5 nitrogen and oxygen atoms in total. The Bertz CT molecular complexity index is 334. The second-order valence-electron chi connectivity index (χ2n) is 6.14. The van der Waals surface area contributed by atoms with E-state index < -0.39 is 0 Å². The summed E-state index contributed by atoms with van der Waals surface area (Å²) in [6, 6.07) is 0.276. The summed E-state index contributed by atoms with van der Waals surface area (Å²) < 4.78 is 0. The molecule has 0 aromatic rings. The zero-order valence-electron chi connectivity index (χ0n) is 12.5. The normalized spacial score (nSPS) is 23.6. The second-order valence-corrected chi connectivity index (χ2v) is 6.14. The Morgan fingerprint density at radius 1 is 1.20 bits per heavy atom. The van der Waals surface area contributed by atoms with Crippen molar-refractivity contribution in [3.63, 3.8) is 0 Å². The van der Waals surface area contributed by atoms with Gasteiger partial charge in [0.1, 0.15) is 0 Å². The van der Waals surface area contributed by atoms with Gasteiger partial charge in [0, 0.05) is 26.1 Å². The van der Waals surface area contributed by atoms with Crippen LogP contribution in [0.15, 0.2) is 0 Å². The molecule has 1 unspecified atom stereocenters. The van der Waals surface area contributed by atoms with Crippen molar-refractivity contribution < 1.29 is 9.59 Å². The lowest BCUT2D eigenvalue weighted by molar-refractivity contribution is -0.133. The van der Waals surface area contributed by atoms with Gasteiger partial charge in [-0.25, -0.2) is 0 Å². The Hall–Kier alpha value is -1.10. The standard InChI is InChI=1S/C15H27N3O2/c1-18(13-7-8-16-10-13)15(20)11-17-14(19)9-12-5-3-2-4-6-12/h12-13,16H,2-11H2,1H3,(H,17,19). The van der Waals surface area contributed by atoms with Gasteiger partial charge in [-0.2, -0.15) is 0 Å². The molecule has 2 aliphatic rings. The van der Waals surface area contributed by atoms with Crippen LogP contribution in [0, 0.1) is 5.92 Å². The van der Waals surface area contributed by atoms with Gasteiger partial charge in [-0.1, -0.05) is 19.3 Å². The van der Waals surface area contributed by atoms with Gasteiger partial charge in [-0.3, -0.25) is 9.59 Å². The van der Waals surface area contributed by atoms with E-state index in [9.17, 15) is 9.59 Å². The lowest BCUT2D eigenvalue weighted by atomic mass is 9.87. The van der Waals surface area contributed by atoms with Gasteiger partial charge in [-0.05, 0) is 31.7 Å². The minimum Gasteiger partial charge on any atom is -0.347 e. The van der Waals surface area contributed by atoms with Crippen LogP contribution in [0.2, 0.25) is 0 Å². The third-order valence-electron chi connectivity index (χ3n) is 4.61.